The van der Waals surface area contributed by atoms with Crippen molar-refractivity contribution in [2.45, 2.75) is 77.8 Å². The maximum Gasteiger partial charge on any atom is 0.245 e. The van der Waals surface area contributed by atoms with Crippen LogP contribution in [-0.4, -0.2) is 35.3 Å². The summed E-state index contributed by atoms with van der Waals surface area (Å²) in [4.78, 5) is 27.0. The van der Waals surface area contributed by atoms with Gasteiger partial charge in [-0.3, -0.25) is 9.59 Å². The molecule has 2 fully saturated rings. The Morgan fingerprint density at radius 2 is 1.90 bits per heavy atom. The largest absolute Gasteiger partial charge is 0.344 e. The van der Waals surface area contributed by atoms with Crippen LogP contribution in [0.4, 0.5) is 0 Å². The molecule has 3 unspecified atom stereocenters. The van der Waals surface area contributed by atoms with Crippen molar-refractivity contribution in [3.63, 3.8) is 0 Å². The molecule has 21 heavy (non-hydrogen) atoms. The number of hydrogen-bond acceptors (Lipinski definition) is 2. The summed E-state index contributed by atoms with van der Waals surface area (Å²) in [7, 11) is 0. The van der Waals surface area contributed by atoms with Crippen LogP contribution >= 0.6 is 0 Å². The average molecular weight is 294 g/mol. The fourth-order valence-electron chi connectivity index (χ4n) is 3.59. The number of amides is 2. The molecular weight excluding hydrogens is 264 g/mol. The van der Waals surface area contributed by atoms with Crippen LogP contribution in [0, 0.1) is 11.8 Å². The van der Waals surface area contributed by atoms with Gasteiger partial charge in [-0.1, -0.05) is 39.5 Å². The molecule has 1 saturated carbocycles. The lowest BCUT2D eigenvalue weighted by Gasteiger charge is -2.34. The highest BCUT2D eigenvalue weighted by Gasteiger charge is 2.38. The second-order valence-electron chi connectivity index (χ2n) is 7.00. The summed E-state index contributed by atoms with van der Waals surface area (Å²) in [6.45, 7) is 7.10. The Balaban J connectivity index is 2.15. The molecule has 1 N–H and O–H groups in total. The standard InChI is InChI=1S/C17H30N2O2/c1-4-12(2)11-19-13(3)10-15(20)18-16(17(19)21)14-8-6-5-7-9-14/h12-14,16H,4-11H2,1-3H3,(H,18,20). The summed E-state index contributed by atoms with van der Waals surface area (Å²) in [5.41, 5.74) is 0. The Kier molecular flexibility index (Phi) is 5.65. The molecule has 0 aromatic carbocycles. The summed E-state index contributed by atoms with van der Waals surface area (Å²) in [6.07, 6.45) is 7.27. The predicted molar refractivity (Wildman–Crippen MR) is 83.8 cm³/mol. The predicted octanol–water partition coefficient (Wildman–Crippen LogP) is 2.72. The normalized spacial score (nSPS) is 30.0. The van der Waals surface area contributed by atoms with Gasteiger partial charge in [0.05, 0.1) is 0 Å². The number of nitrogens with one attached hydrogen (secondary N) is 1. The van der Waals surface area contributed by atoms with Gasteiger partial charge in [0.15, 0.2) is 0 Å². The lowest BCUT2D eigenvalue weighted by atomic mass is 9.83. The first-order chi connectivity index (χ1) is 10.0. The van der Waals surface area contributed by atoms with E-state index in [1.165, 1.54) is 19.3 Å². The van der Waals surface area contributed by atoms with Crippen LogP contribution in [0.2, 0.25) is 0 Å². The van der Waals surface area contributed by atoms with Crippen molar-refractivity contribution in [3.05, 3.63) is 0 Å². The highest BCUT2D eigenvalue weighted by atomic mass is 16.2. The van der Waals surface area contributed by atoms with Crippen molar-refractivity contribution >= 4 is 11.8 Å². The average Bonchev–Trinajstić information content (AvgIpc) is 2.59. The van der Waals surface area contributed by atoms with Gasteiger partial charge in [0.25, 0.3) is 0 Å². The quantitative estimate of drug-likeness (QED) is 0.866. The molecule has 2 aliphatic rings. The number of carbonyl (C=O) groups excluding carboxylic acids is 2. The Hall–Kier alpha value is -1.06. The van der Waals surface area contributed by atoms with Crippen molar-refractivity contribution in [3.8, 4) is 0 Å². The van der Waals surface area contributed by atoms with Crippen LogP contribution in [0.1, 0.15) is 65.7 Å². The van der Waals surface area contributed by atoms with Crippen LogP contribution in [-0.2, 0) is 9.59 Å². The minimum Gasteiger partial charge on any atom is -0.344 e. The zero-order chi connectivity index (χ0) is 15.4. The van der Waals surface area contributed by atoms with E-state index in [1.54, 1.807) is 0 Å². The maximum absolute atomic E-state index is 13.0. The molecule has 120 valence electrons. The first-order valence-electron chi connectivity index (χ1n) is 8.62. The molecule has 0 aromatic heterocycles. The molecular formula is C17H30N2O2. The molecule has 0 spiro atoms. The molecule has 3 atom stereocenters. The molecule has 0 radical (unpaired) electrons. The topological polar surface area (TPSA) is 49.4 Å². The highest BCUT2D eigenvalue weighted by molar-refractivity contribution is 5.90. The van der Waals surface area contributed by atoms with Gasteiger partial charge in [0, 0.05) is 19.0 Å². The summed E-state index contributed by atoms with van der Waals surface area (Å²) >= 11 is 0. The molecule has 0 aromatic rings. The zero-order valence-electron chi connectivity index (χ0n) is 13.7. The fourth-order valence-corrected chi connectivity index (χ4v) is 3.59. The Morgan fingerprint density at radius 1 is 1.24 bits per heavy atom. The van der Waals surface area contributed by atoms with Gasteiger partial charge >= 0.3 is 0 Å². The van der Waals surface area contributed by atoms with Gasteiger partial charge < -0.3 is 10.2 Å². The third-order valence-electron chi connectivity index (χ3n) is 5.21. The second-order valence-corrected chi connectivity index (χ2v) is 7.00. The minimum atomic E-state index is -0.285. The van der Waals surface area contributed by atoms with E-state index in [0.29, 0.717) is 18.3 Å². The highest BCUT2D eigenvalue weighted by Crippen LogP contribution is 2.29. The van der Waals surface area contributed by atoms with Gasteiger partial charge in [-0.25, -0.2) is 0 Å². The van der Waals surface area contributed by atoms with E-state index >= 15 is 0 Å². The van der Waals surface area contributed by atoms with Gasteiger partial charge in [-0.15, -0.1) is 0 Å². The Morgan fingerprint density at radius 3 is 2.52 bits per heavy atom. The van der Waals surface area contributed by atoms with Crippen LogP contribution in [0.25, 0.3) is 0 Å². The van der Waals surface area contributed by atoms with E-state index < -0.39 is 0 Å². The zero-order valence-corrected chi connectivity index (χ0v) is 13.7. The second kappa shape index (κ2) is 7.28. The van der Waals surface area contributed by atoms with E-state index in [0.717, 1.165) is 25.8 Å². The van der Waals surface area contributed by atoms with Gasteiger partial charge in [-0.2, -0.15) is 0 Å². The molecule has 4 heteroatoms. The third kappa shape index (κ3) is 3.98. The van der Waals surface area contributed by atoms with E-state index in [1.807, 2.05) is 11.8 Å². The first kappa shape index (κ1) is 16.3. The summed E-state index contributed by atoms with van der Waals surface area (Å²) in [5, 5.41) is 3.02. The number of rotatable bonds is 4. The van der Waals surface area contributed by atoms with Crippen LogP contribution in [0.5, 0.6) is 0 Å². The SMILES string of the molecule is CCC(C)CN1C(=O)C(C2CCCCC2)NC(=O)CC1C. The fraction of sp³-hybridized carbons (Fsp3) is 0.882. The van der Waals surface area contributed by atoms with E-state index in [2.05, 4.69) is 19.2 Å². The smallest absolute Gasteiger partial charge is 0.245 e. The van der Waals surface area contributed by atoms with Crippen molar-refractivity contribution in [1.29, 1.82) is 0 Å². The van der Waals surface area contributed by atoms with Crippen molar-refractivity contribution in [1.82, 2.24) is 10.2 Å². The molecule has 4 nitrogen and oxygen atoms in total. The Bertz CT molecular complexity index is 377. The van der Waals surface area contributed by atoms with Crippen molar-refractivity contribution in [2.75, 3.05) is 6.54 Å². The number of nitrogens with zero attached hydrogens (tertiary/aromatic N) is 1. The lowest BCUT2D eigenvalue weighted by molar-refractivity contribution is -0.137. The van der Waals surface area contributed by atoms with E-state index in [-0.39, 0.29) is 23.9 Å². The van der Waals surface area contributed by atoms with Crippen LogP contribution < -0.4 is 5.32 Å². The molecule has 1 heterocycles. The number of hydrogen-bond donors (Lipinski definition) is 1. The van der Waals surface area contributed by atoms with Crippen molar-refractivity contribution < 1.29 is 9.59 Å². The Labute approximate surface area is 128 Å². The molecule has 1 saturated heterocycles. The summed E-state index contributed by atoms with van der Waals surface area (Å²) in [6, 6.07) is -0.271. The minimum absolute atomic E-state index is 0.0140. The number of carbonyl (C=O) groups is 2. The molecule has 1 aliphatic carbocycles. The van der Waals surface area contributed by atoms with Crippen molar-refractivity contribution in [2.24, 2.45) is 11.8 Å². The molecule has 2 rings (SSSR count). The summed E-state index contributed by atoms with van der Waals surface area (Å²) in [5.74, 6) is 1.01. The first-order valence-corrected chi connectivity index (χ1v) is 8.62. The third-order valence-corrected chi connectivity index (χ3v) is 5.21. The van der Waals surface area contributed by atoms with Crippen LogP contribution in [0.3, 0.4) is 0 Å². The van der Waals surface area contributed by atoms with Gasteiger partial charge in [0.2, 0.25) is 11.8 Å². The molecule has 0 bridgehead atoms. The van der Waals surface area contributed by atoms with Crippen LogP contribution in [0.15, 0.2) is 0 Å². The van der Waals surface area contributed by atoms with E-state index in [4.69, 9.17) is 0 Å². The molecule has 2 amide bonds. The van der Waals surface area contributed by atoms with E-state index in [9.17, 15) is 9.59 Å². The maximum atomic E-state index is 13.0. The molecule has 1 aliphatic heterocycles. The lowest BCUT2D eigenvalue weighted by Crippen LogP contribution is -2.51. The summed E-state index contributed by atoms with van der Waals surface area (Å²) < 4.78 is 0. The monoisotopic (exact) mass is 294 g/mol. The van der Waals surface area contributed by atoms with Gasteiger partial charge in [0.1, 0.15) is 6.04 Å². The van der Waals surface area contributed by atoms with Gasteiger partial charge in [-0.05, 0) is 31.6 Å².